The van der Waals surface area contributed by atoms with Crippen molar-refractivity contribution in [2.75, 3.05) is 18.9 Å². The SMILES string of the molecule is Cc1cc(C)nc(N[C@@H]2CC(=O)N(C)C2)n1. The van der Waals surface area contributed by atoms with Crippen molar-refractivity contribution in [2.24, 2.45) is 0 Å². The molecule has 1 saturated heterocycles. The number of amides is 1. The minimum absolute atomic E-state index is 0.124. The number of anilines is 1. The lowest BCUT2D eigenvalue weighted by Gasteiger charge is -2.12. The summed E-state index contributed by atoms with van der Waals surface area (Å²) in [6, 6.07) is 2.05. The second-order valence-electron chi connectivity index (χ2n) is 4.29. The third-order valence-electron chi connectivity index (χ3n) is 2.66. The normalized spacial score (nSPS) is 20.3. The van der Waals surface area contributed by atoms with Crippen molar-refractivity contribution in [1.29, 1.82) is 0 Å². The van der Waals surface area contributed by atoms with Crippen molar-refractivity contribution in [2.45, 2.75) is 26.3 Å². The molecule has 1 fully saturated rings. The zero-order valence-electron chi connectivity index (χ0n) is 9.82. The average Bonchev–Trinajstić information content (AvgIpc) is 2.43. The third kappa shape index (κ3) is 2.29. The molecule has 1 atom stereocenters. The van der Waals surface area contributed by atoms with Crippen LogP contribution in [0.3, 0.4) is 0 Å². The topological polar surface area (TPSA) is 58.1 Å². The minimum atomic E-state index is 0.124. The Kier molecular flexibility index (Phi) is 2.77. The highest BCUT2D eigenvalue weighted by Crippen LogP contribution is 2.13. The summed E-state index contributed by atoms with van der Waals surface area (Å²) in [5.41, 5.74) is 1.88. The lowest BCUT2D eigenvalue weighted by atomic mass is 10.2. The van der Waals surface area contributed by atoms with Gasteiger partial charge in [0.05, 0.1) is 6.04 Å². The highest BCUT2D eigenvalue weighted by atomic mass is 16.2. The molecular formula is C11H16N4O. The molecule has 2 rings (SSSR count). The maximum Gasteiger partial charge on any atom is 0.224 e. The van der Waals surface area contributed by atoms with E-state index in [1.54, 1.807) is 4.90 Å². The maximum atomic E-state index is 11.4. The van der Waals surface area contributed by atoms with Crippen LogP contribution in [0.5, 0.6) is 0 Å². The van der Waals surface area contributed by atoms with E-state index < -0.39 is 0 Å². The molecule has 0 radical (unpaired) electrons. The van der Waals surface area contributed by atoms with Crippen LogP contribution >= 0.6 is 0 Å². The molecule has 86 valence electrons. The highest BCUT2D eigenvalue weighted by molar-refractivity contribution is 5.79. The van der Waals surface area contributed by atoms with Gasteiger partial charge in [-0.1, -0.05) is 0 Å². The van der Waals surface area contributed by atoms with Crippen LogP contribution in [0.2, 0.25) is 0 Å². The maximum absolute atomic E-state index is 11.4. The van der Waals surface area contributed by atoms with Crippen LogP contribution in [0.25, 0.3) is 0 Å². The molecule has 0 aromatic carbocycles. The van der Waals surface area contributed by atoms with Crippen LogP contribution in [0.1, 0.15) is 17.8 Å². The van der Waals surface area contributed by atoms with Crippen molar-refractivity contribution >= 4 is 11.9 Å². The minimum Gasteiger partial charge on any atom is -0.349 e. The molecule has 5 nitrogen and oxygen atoms in total. The Hall–Kier alpha value is -1.65. The van der Waals surface area contributed by atoms with Crippen molar-refractivity contribution in [1.82, 2.24) is 14.9 Å². The second-order valence-corrected chi connectivity index (χ2v) is 4.29. The van der Waals surface area contributed by atoms with E-state index in [-0.39, 0.29) is 11.9 Å². The van der Waals surface area contributed by atoms with Crippen molar-refractivity contribution in [3.8, 4) is 0 Å². The van der Waals surface area contributed by atoms with Gasteiger partial charge in [-0.3, -0.25) is 4.79 Å². The number of aryl methyl sites for hydroxylation is 2. The first-order chi connectivity index (χ1) is 7.54. The number of nitrogens with zero attached hydrogens (tertiary/aromatic N) is 3. The number of hydrogen-bond donors (Lipinski definition) is 1. The Bertz CT molecular complexity index is 398. The Morgan fingerprint density at radius 1 is 1.38 bits per heavy atom. The predicted octanol–water partition coefficient (Wildman–Crippen LogP) is 0.736. The monoisotopic (exact) mass is 220 g/mol. The first kappa shape index (κ1) is 10.9. The van der Waals surface area contributed by atoms with Gasteiger partial charge in [-0.05, 0) is 19.9 Å². The fourth-order valence-corrected chi connectivity index (χ4v) is 1.93. The molecule has 2 heterocycles. The molecule has 0 aliphatic carbocycles. The number of likely N-dealkylation sites (N-methyl/N-ethyl adjacent to an activating group) is 1. The van der Waals surface area contributed by atoms with Gasteiger partial charge in [0.2, 0.25) is 11.9 Å². The van der Waals surface area contributed by atoms with E-state index in [4.69, 9.17) is 0 Å². The van der Waals surface area contributed by atoms with E-state index in [0.29, 0.717) is 12.4 Å². The van der Waals surface area contributed by atoms with E-state index in [0.717, 1.165) is 17.9 Å². The van der Waals surface area contributed by atoms with Gasteiger partial charge in [-0.15, -0.1) is 0 Å². The first-order valence-electron chi connectivity index (χ1n) is 5.37. The van der Waals surface area contributed by atoms with Gasteiger partial charge in [-0.2, -0.15) is 0 Å². The van der Waals surface area contributed by atoms with Crippen LogP contribution in [0, 0.1) is 13.8 Å². The van der Waals surface area contributed by atoms with E-state index in [1.807, 2.05) is 27.0 Å². The summed E-state index contributed by atoms with van der Waals surface area (Å²) in [6.45, 7) is 4.59. The van der Waals surface area contributed by atoms with Gasteiger partial charge < -0.3 is 10.2 Å². The molecule has 5 heteroatoms. The molecule has 16 heavy (non-hydrogen) atoms. The molecule has 1 aromatic rings. The summed E-state index contributed by atoms with van der Waals surface area (Å²) in [6.07, 6.45) is 0.521. The van der Waals surface area contributed by atoms with Crippen molar-refractivity contribution in [3.63, 3.8) is 0 Å². The van der Waals surface area contributed by atoms with Gasteiger partial charge in [0, 0.05) is 31.4 Å². The number of hydrogen-bond acceptors (Lipinski definition) is 4. The summed E-state index contributed by atoms with van der Waals surface area (Å²) in [7, 11) is 1.81. The third-order valence-corrected chi connectivity index (χ3v) is 2.66. The van der Waals surface area contributed by atoms with Crippen LogP contribution in [-0.2, 0) is 4.79 Å². The van der Waals surface area contributed by atoms with E-state index in [1.165, 1.54) is 0 Å². The number of carbonyl (C=O) groups is 1. The van der Waals surface area contributed by atoms with Crippen LogP contribution in [-0.4, -0.2) is 40.4 Å². The number of rotatable bonds is 2. The van der Waals surface area contributed by atoms with Crippen molar-refractivity contribution in [3.05, 3.63) is 17.5 Å². The quantitative estimate of drug-likeness (QED) is 0.798. The Labute approximate surface area is 94.9 Å². The van der Waals surface area contributed by atoms with Crippen LogP contribution < -0.4 is 5.32 Å². The molecule has 0 saturated carbocycles. The Balaban J connectivity index is 2.07. The molecule has 1 aliphatic heterocycles. The molecule has 1 aromatic heterocycles. The van der Waals surface area contributed by atoms with Gasteiger partial charge in [0.1, 0.15) is 0 Å². The molecule has 1 N–H and O–H groups in total. The summed E-state index contributed by atoms with van der Waals surface area (Å²) in [5, 5.41) is 3.20. The molecule has 0 bridgehead atoms. The van der Waals surface area contributed by atoms with Crippen molar-refractivity contribution < 1.29 is 4.79 Å². The highest BCUT2D eigenvalue weighted by Gasteiger charge is 2.27. The van der Waals surface area contributed by atoms with Gasteiger partial charge in [0.25, 0.3) is 0 Å². The molecule has 0 unspecified atom stereocenters. The molecule has 0 spiro atoms. The summed E-state index contributed by atoms with van der Waals surface area (Å²) >= 11 is 0. The lowest BCUT2D eigenvalue weighted by molar-refractivity contribution is -0.126. The largest absolute Gasteiger partial charge is 0.349 e. The number of aromatic nitrogens is 2. The number of likely N-dealkylation sites (tertiary alicyclic amines) is 1. The molecular weight excluding hydrogens is 204 g/mol. The van der Waals surface area contributed by atoms with Gasteiger partial charge in [0.15, 0.2) is 0 Å². The van der Waals surface area contributed by atoms with Crippen LogP contribution in [0.15, 0.2) is 6.07 Å². The zero-order valence-corrected chi connectivity index (χ0v) is 9.82. The predicted molar refractivity (Wildman–Crippen MR) is 61.2 cm³/mol. The van der Waals surface area contributed by atoms with Crippen LogP contribution in [0.4, 0.5) is 5.95 Å². The standard InChI is InChI=1S/C11H16N4O/c1-7-4-8(2)13-11(12-7)14-9-5-10(16)15(3)6-9/h4,9H,5-6H2,1-3H3,(H,12,13,14)/t9-/m1/s1. The van der Waals surface area contributed by atoms with E-state index in [2.05, 4.69) is 15.3 Å². The summed E-state index contributed by atoms with van der Waals surface area (Å²) < 4.78 is 0. The number of carbonyl (C=O) groups excluding carboxylic acids is 1. The first-order valence-corrected chi connectivity index (χ1v) is 5.37. The molecule has 1 aliphatic rings. The number of nitrogens with one attached hydrogen (secondary N) is 1. The van der Waals surface area contributed by atoms with E-state index in [9.17, 15) is 4.79 Å². The summed E-state index contributed by atoms with van der Waals surface area (Å²) in [5.74, 6) is 0.785. The second kappa shape index (κ2) is 4.08. The van der Waals surface area contributed by atoms with Gasteiger partial charge >= 0.3 is 0 Å². The molecule has 1 amide bonds. The smallest absolute Gasteiger partial charge is 0.224 e. The fraction of sp³-hybridized carbons (Fsp3) is 0.545. The zero-order chi connectivity index (χ0) is 11.7. The average molecular weight is 220 g/mol. The van der Waals surface area contributed by atoms with E-state index >= 15 is 0 Å². The summed E-state index contributed by atoms with van der Waals surface area (Å²) in [4.78, 5) is 21.7. The van der Waals surface area contributed by atoms with Gasteiger partial charge in [-0.25, -0.2) is 9.97 Å². The Morgan fingerprint density at radius 2 is 2.00 bits per heavy atom. The fourth-order valence-electron chi connectivity index (χ4n) is 1.93. The lowest BCUT2D eigenvalue weighted by Crippen LogP contribution is -2.25. The Morgan fingerprint density at radius 3 is 2.50 bits per heavy atom.